The normalized spacial score (nSPS) is 11.0. The first-order valence-electron chi connectivity index (χ1n) is 7.15. The van der Waals surface area contributed by atoms with E-state index in [2.05, 4.69) is 46.2 Å². The highest BCUT2D eigenvalue weighted by atomic mass is 32.1. The van der Waals surface area contributed by atoms with Gasteiger partial charge in [-0.1, -0.05) is 18.6 Å². The van der Waals surface area contributed by atoms with E-state index in [1.165, 1.54) is 15.4 Å². The third-order valence-corrected chi connectivity index (χ3v) is 4.57. The van der Waals surface area contributed by atoms with Gasteiger partial charge in [-0.05, 0) is 25.5 Å². The predicted molar refractivity (Wildman–Crippen MR) is 88.0 cm³/mol. The number of anilines is 1. The summed E-state index contributed by atoms with van der Waals surface area (Å²) in [7, 11) is 0. The molecule has 0 radical (unpaired) electrons. The SMILES string of the molecule is CCc1cnc(CCNc2ncnc3ccc(C)cc23)s1. The Morgan fingerprint density at radius 1 is 1.19 bits per heavy atom. The number of hydrogen-bond acceptors (Lipinski definition) is 5. The Hall–Kier alpha value is -2.01. The van der Waals surface area contributed by atoms with Crippen LogP contribution in [0.25, 0.3) is 10.9 Å². The van der Waals surface area contributed by atoms with Crippen molar-refractivity contribution in [1.29, 1.82) is 0 Å². The van der Waals surface area contributed by atoms with E-state index in [0.717, 1.165) is 36.1 Å². The molecule has 0 unspecified atom stereocenters. The highest BCUT2D eigenvalue weighted by molar-refractivity contribution is 7.11. The molecule has 0 saturated heterocycles. The predicted octanol–water partition coefficient (Wildman–Crippen LogP) is 3.61. The van der Waals surface area contributed by atoms with Crippen LogP contribution in [-0.2, 0) is 12.8 Å². The van der Waals surface area contributed by atoms with Crippen molar-refractivity contribution in [3.05, 3.63) is 46.2 Å². The van der Waals surface area contributed by atoms with Gasteiger partial charge in [0.25, 0.3) is 0 Å². The van der Waals surface area contributed by atoms with Gasteiger partial charge in [-0.15, -0.1) is 11.3 Å². The Morgan fingerprint density at radius 2 is 2.10 bits per heavy atom. The molecule has 108 valence electrons. The lowest BCUT2D eigenvalue weighted by Crippen LogP contribution is -2.07. The van der Waals surface area contributed by atoms with Crippen LogP contribution in [-0.4, -0.2) is 21.5 Å². The second-order valence-corrected chi connectivity index (χ2v) is 6.19. The lowest BCUT2D eigenvalue weighted by atomic mass is 10.1. The van der Waals surface area contributed by atoms with Gasteiger partial charge in [0.05, 0.1) is 10.5 Å². The van der Waals surface area contributed by atoms with E-state index >= 15 is 0 Å². The van der Waals surface area contributed by atoms with Crippen LogP contribution in [0.2, 0.25) is 0 Å². The molecule has 3 aromatic rings. The Bertz CT molecular complexity index is 751. The fourth-order valence-electron chi connectivity index (χ4n) is 2.23. The zero-order valence-corrected chi connectivity index (χ0v) is 13.1. The van der Waals surface area contributed by atoms with E-state index in [9.17, 15) is 0 Å². The molecule has 0 aliphatic heterocycles. The standard InChI is InChI=1S/C16H18N4S/c1-3-12-9-18-15(21-12)6-7-17-16-13-8-11(2)4-5-14(13)19-10-20-16/h4-5,8-10H,3,6-7H2,1-2H3,(H,17,19,20). The summed E-state index contributed by atoms with van der Waals surface area (Å²) >= 11 is 1.79. The van der Waals surface area contributed by atoms with Crippen molar-refractivity contribution in [3.63, 3.8) is 0 Å². The average molecular weight is 298 g/mol. The summed E-state index contributed by atoms with van der Waals surface area (Å²) in [5.41, 5.74) is 2.19. The van der Waals surface area contributed by atoms with Crippen LogP contribution in [0, 0.1) is 6.92 Å². The number of nitrogens with one attached hydrogen (secondary N) is 1. The van der Waals surface area contributed by atoms with Crippen molar-refractivity contribution in [3.8, 4) is 0 Å². The topological polar surface area (TPSA) is 50.7 Å². The summed E-state index contributed by atoms with van der Waals surface area (Å²) in [4.78, 5) is 14.4. The number of aromatic nitrogens is 3. The Morgan fingerprint density at radius 3 is 2.90 bits per heavy atom. The molecule has 1 aromatic carbocycles. The molecule has 0 saturated carbocycles. The third kappa shape index (κ3) is 3.19. The molecule has 21 heavy (non-hydrogen) atoms. The Balaban J connectivity index is 1.71. The number of thiazole rings is 1. The molecule has 4 nitrogen and oxygen atoms in total. The molecule has 2 heterocycles. The monoisotopic (exact) mass is 298 g/mol. The molecule has 0 atom stereocenters. The molecular weight excluding hydrogens is 280 g/mol. The van der Waals surface area contributed by atoms with Gasteiger partial charge in [0.2, 0.25) is 0 Å². The minimum atomic E-state index is 0.830. The van der Waals surface area contributed by atoms with Crippen LogP contribution in [0.1, 0.15) is 22.4 Å². The number of rotatable bonds is 5. The summed E-state index contributed by atoms with van der Waals surface area (Å²) in [6, 6.07) is 6.23. The summed E-state index contributed by atoms with van der Waals surface area (Å²) < 4.78 is 0. The molecule has 5 heteroatoms. The van der Waals surface area contributed by atoms with E-state index in [1.54, 1.807) is 17.7 Å². The van der Waals surface area contributed by atoms with E-state index in [-0.39, 0.29) is 0 Å². The van der Waals surface area contributed by atoms with Gasteiger partial charge in [0.15, 0.2) is 0 Å². The summed E-state index contributed by atoms with van der Waals surface area (Å²) in [6.07, 6.45) is 5.56. The van der Waals surface area contributed by atoms with Crippen molar-refractivity contribution < 1.29 is 0 Å². The maximum absolute atomic E-state index is 4.44. The molecule has 0 aliphatic rings. The molecule has 0 aliphatic carbocycles. The van der Waals surface area contributed by atoms with Crippen molar-refractivity contribution in [2.45, 2.75) is 26.7 Å². The molecule has 0 spiro atoms. The molecule has 3 rings (SSSR count). The first-order chi connectivity index (χ1) is 10.3. The Kier molecular flexibility index (Phi) is 4.10. The molecule has 1 N–H and O–H groups in total. The van der Waals surface area contributed by atoms with Crippen molar-refractivity contribution in [2.75, 3.05) is 11.9 Å². The van der Waals surface area contributed by atoms with Crippen LogP contribution in [0.15, 0.2) is 30.7 Å². The average Bonchev–Trinajstić information content (AvgIpc) is 2.96. The summed E-state index contributed by atoms with van der Waals surface area (Å²) in [5.74, 6) is 0.899. The van der Waals surface area contributed by atoms with Crippen molar-refractivity contribution in [1.82, 2.24) is 15.0 Å². The summed E-state index contributed by atoms with van der Waals surface area (Å²) in [5, 5.41) is 5.66. The first kappa shape index (κ1) is 13.9. The fourth-order valence-corrected chi connectivity index (χ4v) is 3.09. The van der Waals surface area contributed by atoms with Gasteiger partial charge in [0, 0.05) is 29.4 Å². The van der Waals surface area contributed by atoms with Gasteiger partial charge in [-0.3, -0.25) is 0 Å². The minimum Gasteiger partial charge on any atom is -0.369 e. The lowest BCUT2D eigenvalue weighted by Gasteiger charge is -2.07. The number of benzene rings is 1. The maximum Gasteiger partial charge on any atom is 0.137 e. The van der Waals surface area contributed by atoms with E-state index in [1.807, 2.05) is 12.3 Å². The van der Waals surface area contributed by atoms with E-state index in [4.69, 9.17) is 0 Å². The second-order valence-electron chi connectivity index (χ2n) is 4.99. The number of nitrogens with zero attached hydrogens (tertiary/aromatic N) is 3. The van der Waals surface area contributed by atoms with Crippen LogP contribution in [0.3, 0.4) is 0 Å². The van der Waals surface area contributed by atoms with Gasteiger partial charge in [-0.25, -0.2) is 15.0 Å². The smallest absolute Gasteiger partial charge is 0.137 e. The highest BCUT2D eigenvalue weighted by Crippen LogP contribution is 2.20. The zero-order valence-electron chi connectivity index (χ0n) is 12.3. The van der Waals surface area contributed by atoms with Crippen LogP contribution in [0.4, 0.5) is 5.82 Å². The maximum atomic E-state index is 4.44. The summed E-state index contributed by atoms with van der Waals surface area (Å²) in [6.45, 7) is 5.07. The largest absolute Gasteiger partial charge is 0.369 e. The first-order valence-corrected chi connectivity index (χ1v) is 7.96. The quantitative estimate of drug-likeness (QED) is 0.781. The highest BCUT2D eigenvalue weighted by Gasteiger charge is 2.05. The minimum absolute atomic E-state index is 0.830. The van der Waals surface area contributed by atoms with Gasteiger partial charge < -0.3 is 5.32 Å². The van der Waals surface area contributed by atoms with Gasteiger partial charge >= 0.3 is 0 Å². The van der Waals surface area contributed by atoms with Crippen molar-refractivity contribution in [2.24, 2.45) is 0 Å². The zero-order chi connectivity index (χ0) is 14.7. The number of hydrogen-bond donors (Lipinski definition) is 1. The lowest BCUT2D eigenvalue weighted by molar-refractivity contribution is 0.986. The van der Waals surface area contributed by atoms with Gasteiger partial charge in [0.1, 0.15) is 12.1 Å². The number of fused-ring (bicyclic) bond motifs is 1. The molecule has 2 aromatic heterocycles. The van der Waals surface area contributed by atoms with E-state index in [0.29, 0.717) is 0 Å². The van der Waals surface area contributed by atoms with Gasteiger partial charge in [-0.2, -0.15) is 0 Å². The molecular formula is C16H18N4S. The second kappa shape index (κ2) is 6.18. The number of aryl methyl sites for hydroxylation is 2. The Labute approximate surface area is 128 Å². The molecule has 0 fully saturated rings. The van der Waals surface area contributed by atoms with Crippen LogP contribution < -0.4 is 5.32 Å². The fraction of sp³-hybridized carbons (Fsp3) is 0.312. The molecule has 0 amide bonds. The van der Waals surface area contributed by atoms with Crippen molar-refractivity contribution >= 4 is 28.1 Å². The van der Waals surface area contributed by atoms with E-state index < -0.39 is 0 Å². The van der Waals surface area contributed by atoms with Crippen LogP contribution in [0.5, 0.6) is 0 Å². The third-order valence-electron chi connectivity index (χ3n) is 3.37. The van der Waals surface area contributed by atoms with Crippen LogP contribution >= 0.6 is 11.3 Å². The molecule has 0 bridgehead atoms.